The molecule has 0 aliphatic rings. The van der Waals surface area contributed by atoms with Crippen molar-refractivity contribution in [3.8, 4) is 65.9 Å². The Balaban J connectivity index is 0.882. The summed E-state index contributed by atoms with van der Waals surface area (Å²) in [6, 6.07) is 120. The zero-order valence-corrected chi connectivity index (χ0v) is 53.1. The third-order valence-electron chi connectivity index (χ3n) is 20.3. The second-order valence-corrected chi connectivity index (χ2v) is 26.5. The molecule has 7 heteroatoms. The van der Waals surface area contributed by atoms with Gasteiger partial charge in [-0.25, -0.2) is 9.97 Å². The molecule has 0 saturated carbocycles. The van der Waals surface area contributed by atoms with E-state index in [0.717, 1.165) is 132 Å². The molecule has 0 spiro atoms. The molecule has 0 fully saturated rings. The average Bonchev–Trinajstić information content (AvgIpc) is 1.67. The number of hydrogen-bond donors (Lipinski definition) is 0. The van der Waals surface area contributed by atoms with Crippen LogP contribution in [0, 0.1) is 0 Å². The number of nitrogens with zero attached hydrogens (tertiary/aromatic N) is 6. The summed E-state index contributed by atoms with van der Waals surface area (Å²) in [5.41, 5.74) is 23.8. The molecule has 6 heterocycles. The average molecular weight is 1250 g/mol. The van der Waals surface area contributed by atoms with Crippen molar-refractivity contribution >= 4 is 142 Å². The first-order valence-corrected chi connectivity index (χ1v) is 33.9. The predicted molar refractivity (Wildman–Crippen MR) is 409 cm³/mol. The van der Waals surface area contributed by atoms with Crippen LogP contribution < -0.4 is 0 Å². The van der Waals surface area contributed by atoms with Crippen molar-refractivity contribution in [1.29, 1.82) is 0 Å². The summed E-state index contributed by atoms with van der Waals surface area (Å²) in [7, 11) is 0. The quantitative estimate of drug-likeness (QED) is 0.142. The van der Waals surface area contributed by atoms with Crippen molar-refractivity contribution in [3.05, 3.63) is 328 Å². The van der Waals surface area contributed by atoms with E-state index in [1.54, 1.807) is 11.3 Å². The molecule has 0 aliphatic heterocycles. The van der Waals surface area contributed by atoms with Crippen LogP contribution in [0.3, 0.4) is 0 Å². The molecule has 0 N–H and O–H groups in total. The van der Waals surface area contributed by atoms with Gasteiger partial charge in [-0.3, -0.25) is 0 Å². The van der Waals surface area contributed by atoms with Crippen molar-refractivity contribution < 1.29 is 0 Å². The van der Waals surface area contributed by atoms with Gasteiger partial charge in [-0.1, -0.05) is 218 Å². The summed E-state index contributed by atoms with van der Waals surface area (Å²) in [5, 5.41) is 13.9. The van der Waals surface area contributed by atoms with Crippen LogP contribution in [0.4, 0.5) is 0 Å². The Morgan fingerprint density at radius 3 is 0.866 bits per heavy atom. The highest BCUT2D eigenvalue weighted by Crippen LogP contribution is 2.51. The van der Waals surface area contributed by atoms with Gasteiger partial charge in [0.15, 0.2) is 0 Å². The molecule has 0 saturated heterocycles. The van der Waals surface area contributed by atoms with Crippen molar-refractivity contribution in [2.75, 3.05) is 0 Å². The summed E-state index contributed by atoms with van der Waals surface area (Å²) < 4.78 is 9.68. The molecule has 6 aromatic heterocycles. The smallest absolute Gasteiger partial charge is 0.109 e. The molecule has 0 aliphatic carbocycles. The first-order chi connectivity index (χ1) is 48.1. The van der Waals surface area contributed by atoms with Crippen molar-refractivity contribution in [2.24, 2.45) is 0 Å². The Kier molecular flexibility index (Phi) is 11.6. The number of aromatic nitrogens is 6. The minimum atomic E-state index is 0.857. The molecule has 97 heavy (non-hydrogen) atoms. The van der Waals surface area contributed by atoms with Crippen molar-refractivity contribution in [3.63, 3.8) is 0 Å². The summed E-state index contributed by atoms with van der Waals surface area (Å²) in [6.45, 7) is 0. The minimum Gasteiger partial charge on any atom is -0.309 e. The molecule has 0 radical (unpaired) electrons. The fraction of sp³-hybridized carbons (Fsp3) is 0. The molecule has 0 unspecified atom stereocenters. The maximum Gasteiger partial charge on any atom is 0.109 e. The van der Waals surface area contributed by atoms with Gasteiger partial charge in [-0.05, 0) is 142 Å². The van der Waals surface area contributed by atoms with Gasteiger partial charge in [-0.2, -0.15) is 0 Å². The Morgan fingerprint density at radius 1 is 0.196 bits per heavy atom. The van der Waals surface area contributed by atoms with E-state index in [1.165, 1.54) is 65.2 Å². The summed E-state index contributed by atoms with van der Waals surface area (Å²) >= 11 is 1.81. The van der Waals surface area contributed by atoms with Gasteiger partial charge in [-0.15, -0.1) is 11.3 Å². The molecule has 21 aromatic rings. The number of fused-ring (bicyclic) bond motifs is 19. The lowest BCUT2D eigenvalue weighted by atomic mass is 9.93. The molecular weight excluding hydrogens is 1200 g/mol. The van der Waals surface area contributed by atoms with E-state index < -0.39 is 0 Å². The monoisotopic (exact) mass is 1250 g/mol. The third kappa shape index (κ3) is 7.95. The summed E-state index contributed by atoms with van der Waals surface area (Å²) in [4.78, 5) is 14.6. The van der Waals surface area contributed by atoms with Gasteiger partial charge in [0, 0.05) is 87.7 Å². The Labute approximate surface area is 560 Å². The number of hydrogen-bond acceptors (Lipinski definition) is 3. The lowest BCUT2D eigenvalue weighted by Gasteiger charge is -2.14. The Hall–Kier alpha value is -12.7. The van der Waals surface area contributed by atoms with Gasteiger partial charge >= 0.3 is 0 Å². The highest BCUT2D eigenvalue weighted by atomic mass is 32.1. The molecule has 0 bridgehead atoms. The predicted octanol–water partition coefficient (Wildman–Crippen LogP) is 24.2. The number of rotatable bonds is 8. The lowest BCUT2D eigenvalue weighted by Crippen LogP contribution is -1.96. The van der Waals surface area contributed by atoms with Crippen molar-refractivity contribution in [1.82, 2.24) is 28.2 Å². The topological polar surface area (TPSA) is 45.5 Å². The maximum absolute atomic E-state index is 6.24. The highest BCUT2D eigenvalue weighted by molar-refractivity contribution is 7.21. The van der Waals surface area contributed by atoms with E-state index in [-0.39, 0.29) is 0 Å². The van der Waals surface area contributed by atoms with Gasteiger partial charge in [0.1, 0.15) is 11.0 Å². The van der Waals surface area contributed by atoms with Gasteiger partial charge in [0.2, 0.25) is 0 Å². The van der Waals surface area contributed by atoms with E-state index in [2.05, 4.69) is 346 Å². The fourth-order valence-electron chi connectivity index (χ4n) is 16.1. The number of thiophene rings is 1. The van der Waals surface area contributed by atoms with Crippen LogP contribution in [0.5, 0.6) is 0 Å². The largest absolute Gasteiger partial charge is 0.309 e. The molecule has 6 nitrogen and oxygen atoms in total. The SMILES string of the molecule is c1ccc(-n2c3ccccc3c3cc(-c4ccc5c6ccc(-c7ccc8c(c7)c7ccccc7n8-c7ccccc7)cc6c6nc7c(-c8cccc9c%10ccccc%10n(-c%10ccccc%10)c89)sc(-c8cccc9c%10ccccc%10n(-c%10ccccc%10)c89)c7nc6c5c4)ccc32)cc1. The molecule has 0 atom stereocenters. The summed E-state index contributed by atoms with van der Waals surface area (Å²) in [5.74, 6) is 0. The van der Waals surface area contributed by atoms with Crippen LogP contribution in [-0.2, 0) is 0 Å². The number of para-hydroxylation sites is 10. The zero-order valence-electron chi connectivity index (χ0n) is 52.3. The van der Waals surface area contributed by atoms with Gasteiger partial charge in [0.05, 0.1) is 64.9 Å². The van der Waals surface area contributed by atoms with Gasteiger partial charge < -0.3 is 18.3 Å². The molecule has 450 valence electrons. The first-order valence-electron chi connectivity index (χ1n) is 33.1. The standard InChI is InChI=1S/C90H54N6S/c1-5-23-59(24-6-1)93-77-39-17-15-33-67(77)73-51-57(45-49-81(73)93)55-43-47-63-64-48-44-56(58-46-50-82-74(52-58)68-34-16-18-40-78(68)94(82)60-25-7-2-8-26-60)54-76(64)84-83(75(63)53-55)91-85-86(92-84)90(72-38-22-36-70-66-32-14-20-42-80(66)96(88(70)72)62-29-11-4-12-30-62)97-89(85)71-37-21-35-69-65-31-13-19-41-79(65)95(87(69)71)61-27-9-3-10-28-61/h1-54H. The van der Waals surface area contributed by atoms with E-state index in [1.807, 2.05) is 0 Å². The number of benzene rings is 15. The van der Waals surface area contributed by atoms with Crippen molar-refractivity contribution in [2.45, 2.75) is 0 Å². The van der Waals surface area contributed by atoms with Crippen LogP contribution in [0.25, 0.3) is 197 Å². The first kappa shape index (κ1) is 53.8. The zero-order chi connectivity index (χ0) is 63.4. The third-order valence-corrected chi connectivity index (χ3v) is 21.6. The fourth-order valence-corrected chi connectivity index (χ4v) is 17.3. The molecule has 21 rings (SSSR count). The van der Waals surface area contributed by atoms with E-state index in [0.29, 0.717) is 0 Å². The van der Waals surface area contributed by atoms with Crippen LogP contribution in [0.1, 0.15) is 0 Å². The molecular formula is C90H54N6S. The van der Waals surface area contributed by atoms with Gasteiger partial charge in [0.25, 0.3) is 0 Å². The Morgan fingerprint density at radius 2 is 0.485 bits per heavy atom. The maximum atomic E-state index is 6.24. The normalized spacial score (nSPS) is 12.1. The second-order valence-electron chi connectivity index (χ2n) is 25.5. The minimum absolute atomic E-state index is 0.857. The Bertz CT molecular complexity index is 6440. The van der Waals surface area contributed by atoms with Crippen LogP contribution >= 0.6 is 11.3 Å². The highest BCUT2D eigenvalue weighted by Gasteiger charge is 2.28. The molecule has 0 amide bonds. The van der Waals surface area contributed by atoms with E-state index in [4.69, 9.17) is 9.97 Å². The van der Waals surface area contributed by atoms with E-state index in [9.17, 15) is 0 Å². The molecule has 15 aromatic carbocycles. The lowest BCUT2D eigenvalue weighted by molar-refractivity contribution is 1.18. The van der Waals surface area contributed by atoms with Crippen LogP contribution in [0.15, 0.2) is 328 Å². The second kappa shape index (κ2) is 20.9. The summed E-state index contributed by atoms with van der Waals surface area (Å²) in [6.07, 6.45) is 0. The van der Waals surface area contributed by atoms with E-state index >= 15 is 0 Å². The van der Waals surface area contributed by atoms with Crippen LogP contribution in [-0.4, -0.2) is 28.2 Å². The van der Waals surface area contributed by atoms with Crippen LogP contribution in [0.2, 0.25) is 0 Å².